The molecule has 2 fully saturated rings. The van der Waals surface area contributed by atoms with Gasteiger partial charge in [0.15, 0.2) is 0 Å². The van der Waals surface area contributed by atoms with E-state index in [1.807, 2.05) is 0 Å². The van der Waals surface area contributed by atoms with Gasteiger partial charge in [-0.3, -0.25) is 0 Å². The highest BCUT2D eigenvalue weighted by Gasteiger charge is 2.49. The third kappa shape index (κ3) is 2.03. The van der Waals surface area contributed by atoms with Crippen molar-refractivity contribution in [1.29, 1.82) is 0 Å². The van der Waals surface area contributed by atoms with Crippen LogP contribution in [-0.2, 0) is 9.47 Å². The molecule has 0 aromatic carbocycles. The highest BCUT2D eigenvalue weighted by molar-refractivity contribution is 4.97. The van der Waals surface area contributed by atoms with E-state index in [-0.39, 0.29) is 23.9 Å². The smallest absolute Gasteiger partial charge is 0.0893 e. The van der Waals surface area contributed by atoms with Crippen molar-refractivity contribution in [3.8, 4) is 0 Å². The van der Waals surface area contributed by atoms with E-state index in [0.29, 0.717) is 0 Å². The summed E-state index contributed by atoms with van der Waals surface area (Å²) in [6.07, 6.45) is 2.69. The first-order valence-electron chi connectivity index (χ1n) is 5.07. The maximum Gasteiger partial charge on any atom is 0.0893 e. The lowest BCUT2D eigenvalue weighted by atomic mass is 9.98. The zero-order valence-corrected chi connectivity index (χ0v) is 8.32. The normalized spacial score (nSPS) is 43.2. The minimum Gasteiger partial charge on any atom is -0.390 e. The van der Waals surface area contributed by atoms with Gasteiger partial charge >= 0.3 is 0 Å². The SMILES string of the molecule is CC1(C)O[C@@H]1C[C@@H]1OCCC[C@H]1O. The molecule has 0 spiro atoms. The molecule has 0 aromatic heterocycles. The topological polar surface area (TPSA) is 42.0 Å². The van der Waals surface area contributed by atoms with Gasteiger partial charge in [0, 0.05) is 13.0 Å². The van der Waals surface area contributed by atoms with Crippen molar-refractivity contribution >= 4 is 0 Å². The third-order valence-corrected chi connectivity index (χ3v) is 3.02. The average Bonchev–Trinajstić information content (AvgIpc) is 2.64. The van der Waals surface area contributed by atoms with Crippen LogP contribution < -0.4 is 0 Å². The molecule has 76 valence electrons. The Labute approximate surface area is 79.0 Å². The summed E-state index contributed by atoms with van der Waals surface area (Å²) in [7, 11) is 0. The second-order valence-electron chi connectivity index (χ2n) is 4.56. The number of epoxide rings is 1. The summed E-state index contributed by atoms with van der Waals surface area (Å²) in [5.74, 6) is 0. The minimum absolute atomic E-state index is 0.000486. The third-order valence-electron chi connectivity index (χ3n) is 3.02. The van der Waals surface area contributed by atoms with Gasteiger partial charge in [0.2, 0.25) is 0 Å². The first-order valence-corrected chi connectivity index (χ1v) is 5.07. The molecular formula is C10H18O3. The quantitative estimate of drug-likeness (QED) is 0.656. The predicted octanol–water partition coefficient (Wildman–Crippen LogP) is 1.09. The number of ether oxygens (including phenoxy) is 2. The van der Waals surface area contributed by atoms with Gasteiger partial charge < -0.3 is 14.6 Å². The zero-order valence-electron chi connectivity index (χ0n) is 8.32. The van der Waals surface area contributed by atoms with E-state index in [1.165, 1.54) is 0 Å². The summed E-state index contributed by atoms with van der Waals surface area (Å²) >= 11 is 0. The fourth-order valence-electron chi connectivity index (χ4n) is 1.92. The molecule has 3 nitrogen and oxygen atoms in total. The van der Waals surface area contributed by atoms with Gasteiger partial charge in [-0.05, 0) is 26.7 Å². The molecule has 2 aliphatic rings. The standard InChI is InChI=1S/C10H18O3/c1-10(2)9(13-10)6-8-7(11)4-3-5-12-8/h7-9,11H,3-6H2,1-2H3/t7-,8+,9-/m1/s1. The average molecular weight is 186 g/mol. The molecule has 2 rings (SSSR count). The Morgan fingerprint density at radius 3 is 2.69 bits per heavy atom. The molecule has 3 atom stereocenters. The van der Waals surface area contributed by atoms with Crippen molar-refractivity contribution in [2.24, 2.45) is 0 Å². The van der Waals surface area contributed by atoms with Crippen molar-refractivity contribution in [2.45, 2.75) is 57.0 Å². The molecule has 2 aliphatic heterocycles. The fraction of sp³-hybridized carbons (Fsp3) is 1.00. The molecule has 0 aliphatic carbocycles. The summed E-state index contributed by atoms with van der Waals surface area (Å²) in [5, 5.41) is 9.64. The maximum atomic E-state index is 9.64. The molecule has 2 saturated heterocycles. The zero-order chi connectivity index (χ0) is 9.47. The van der Waals surface area contributed by atoms with Crippen LogP contribution in [0.15, 0.2) is 0 Å². The lowest BCUT2D eigenvalue weighted by Crippen LogP contribution is -2.35. The molecule has 0 radical (unpaired) electrons. The van der Waals surface area contributed by atoms with Crippen LogP contribution in [-0.4, -0.2) is 35.6 Å². The fourth-order valence-corrected chi connectivity index (χ4v) is 1.92. The number of aliphatic hydroxyl groups is 1. The summed E-state index contributed by atoms with van der Waals surface area (Å²) in [6.45, 7) is 4.94. The summed E-state index contributed by atoms with van der Waals surface area (Å²) < 4.78 is 11.0. The Kier molecular flexibility index (Phi) is 2.34. The van der Waals surface area contributed by atoms with Crippen LogP contribution in [0.25, 0.3) is 0 Å². The molecule has 0 saturated carbocycles. The molecule has 2 heterocycles. The van der Waals surface area contributed by atoms with E-state index < -0.39 is 0 Å². The summed E-state index contributed by atoms with van der Waals surface area (Å²) in [6, 6.07) is 0. The van der Waals surface area contributed by atoms with Crippen molar-refractivity contribution in [1.82, 2.24) is 0 Å². The van der Waals surface area contributed by atoms with Crippen molar-refractivity contribution in [2.75, 3.05) is 6.61 Å². The molecule has 1 N–H and O–H groups in total. The van der Waals surface area contributed by atoms with Gasteiger partial charge in [0.1, 0.15) is 0 Å². The second kappa shape index (κ2) is 3.23. The van der Waals surface area contributed by atoms with Gasteiger partial charge in [-0.25, -0.2) is 0 Å². The molecular weight excluding hydrogens is 168 g/mol. The van der Waals surface area contributed by atoms with Crippen LogP contribution in [0.1, 0.15) is 33.1 Å². The van der Waals surface area contributed by atoms with Crippen LogP contribution in [0.3, 0.4) is 0 Å². The van der Waals surface area contributed by atoms with E-state index in [0.717, 1.165) is 25.9 Å². The Morgan fingerprint density at radius 2 is 2.15 bits per heavy atom. The minimum atomic E-state index is -0.284. The second-order valence-corrected chi connectivity index (χ2v) is 4.56. The largest absolute Gasteiger partial charge is 0.390 e. The summed E-state index contributed by atoms with van der Waals surface area (Å²) in [5.41, 5.74) is 0.0144. The predicted molar refractivity (Wildman–Crippen MR) is 48.5 cm³/mol. The highest BCUT2D eigenvalue weighted by atomic mass is 16.6. The van der Waals surface area contributed by atoms with Crippen LogP contribution >= 0.6 is 0 Å². The molecule has 0 aromatic rings. The Balaban J connectivity index is 1.81. The molecule has 0 amide bonds. The van der Waals surface area contributed by atoms with Crippen LogP contribution in [0.2, 0.25) is 0 Å². The van der Waals surface area contributed by atoms with E-state index >= 15 is 0 Å². The Morgan fingerprint density at radius 1 is 1.46 bits per heavy atom. The number of rotatable bonds is 2. The maximum absolute atomic E-state index is 9.64. The van der Waals surface area contributed by atoms with Gasteiger partial charge in [0.25, 0.3) is 0 Å². The van der Waals surface area contributed by atoms with E-state index in [9.17, 15) is 5.11 Å². The van der Waals surface area contributed by atoms with Crippen molar-refractivity contribution < 1.29 is 14.6 Å². The molecule has 3 heteroatoms. The van der Waals surface area contributed by atoms with Gasteiger partial charge in [-0.2, -0.15) is 0 Å². The van der Waals surface area contributed by atoms with Crippen molar-refractivity contribution in [3.63, 3.8) is 0 Å². The van der Waals surface area contributed by atoms with E-state index in [1.54, 1.807) is 0 Å². The van der Waals surface area contributed by atoms with E-state index in [2.05, 4.69) is 13.8 Å². The number of hydrogen-bond donors (Lipinski definition) is 1. The van der Waals surface area contributed by atoms with E-state index in [4.69, 9.17) is 9.47 Å². The number of hydrogen-bond acceptors (Lipinski definition) is 3. The van der Waals surface area contributed by atoms with Crippen LogP contribution in [0.5, 0.6) is 0 Å². The van der Waals surface area contributed by atoms with Gasteiger partial charge in [-0.15, -0.1) is 0 Å². The van der Waals surface area contributed by atoms with Gasteiger partial charge in [-0.1, -0.05) is 0 Å². The van der Waals surface area contributed by atoms with Gasteiger partial charge in [0.05, 0.1) is 23.9 Å². The lowest BCUT2D eigenvalue weighted by Gasteiger charge is -2.27. The first kappa shape index (κ1) is 9.44. The Hall–Kier alpha value is -0.120. The highest BCUT2D eigenvalue weighted by Crippen LogP contribution is 2.39. The van der Waals surface area contributed by atoms with Crippen molar-refractivity contribution in [3.05, 3.63) is 0 Å². The van der Waals surface area contributed by atoms with Crippen LogP contribution in [0, 0.1) is 0 Å². The molecule has 13 heavy (non-hydrogen) atoms. The molecule has 0 unspecified atom stereocenters. The summed E-state index contributed by atoms with van der Waals surface area (Å²) in [4.78, 5) is 0. The van der Waals surface area contributed by atoms with Crippen LogP contribution in [0.4, 0.5) is 0 Å². The first-order chi connectivity index (χ1) is 6.09. The molecule has 0 bridgehead atoms. The number of aliphatic hydroxyl groups excluding tert-OH is 1. The Bertz CT molecular complexity index is 191. The monoisotopic (exact) mass is 186 g/mol. The lowest BCUT2D eigenvalue weighted by molar-refractivity contribution is -0.0791.